The first kappa shape index (κ1) is 21.1. The summed E-state index contributed by atoms with van der Waals surface area (Å²) in [6, 6.07) is 6.96. The molecule has 3 rings (SSSR count). The van der Waals surface area contributed by atoms with Crippen LogP contribution in [0.2, 0.25) is 5.02 Å². The molecule has 1 aromatic heterocycles. The highest BCUT2D eigenvalue weighted by atomic mass is 35.5. The molecule has 2 heterocycles. The molecule has 0 unspecified atom stereocenters. The van der Waals surface area contributed by atoms with Gasteiger partial charge >= 0.3 is 6.09 Å². The van der Waals surface area contributed by atoms with Crippen molar-refractivity contribution in [3.8, 4) is 5.88 Å². The third-order valence-electron chi connectivity index (χ3n) is 4.73. The summed E-state index contributed by atoms with van der Waals surface area (Å²) >= 11 is 5.75. The summed E-state index contributed by atoms with van der Waals surface area (Å²) in [6.07, 6.45) is -1.06. The lowest BCUT2D eigenvalue weighted by molar-refractivity contribution is 0.124. The number of nitrogens with zero attached hydrogens (tertiary/aromatic N) is 3. The Bertz CT molecular complexity index is 885. The SMILES string of the molecule is O=C(O)N1CCN(c2nc(OCc3ccc(Cl)cc3F)ccc2CO)[C@H](CO)C1. The minimum atomic E-state index is -1.06. The summed E-state index contributed by atoms with van der Waals surface area (Å²) in [4.78, 5) is 18.6. The lowest BCUT2D eigenvalue weighted by Crippen LogP contribution is -2.56. The van der Waals surface area contributed by atoms with Gasteiger partial charge in [-0.1, -0.05) is 17.7 Å². The Balaban J connectivity index is 1.80. The number of halogens is 2. The molecule has 29 heavy (non-hydrogen) atoms. The van der Waals surface area contributed by atoms with Crippen molar-refractivity contribution >= 4 is 23.5 Å². The largest absolute Gasteiger partial charge is 0.473 e. The molecule has 1 aromatic carbocycles. The molecule has 0 saturated carbocycles. The van der Waals surface area contributed by atoms with E-state index in [2.05, 4.69) is 4.98 Å². The number of anilines is 1. The van der Waals surface area contributed by atoms with E-state index < -0.39 is 18.0 Å². The maximum absolute atomic E-state index is 13.9. The molecule has 3 N–H and O–H groups in total. The predicted octanol–water partition coefficient (Wildman–Crippen LogP) is 2.11. The van der Waals surface area contributed by atoms with Crippen LogP contribution in [0.25, 0.3) is 0 Å². The summed E-state index contributed by atoms with van der Waals surface area (Å²) in [5, 5.41) is 28.9. The van der Waals surface area contributed by atoms with Gasteiger partial charge in [-0.25, -0.2) is 9.18 Å². The van der Waals surface area contributed by atoms with E-state index in [9.17, 15) is 24.5 Å². The summed E-state index contributed by atoms with van der Waals surface area (Å²) in [6.45, 7) is 0.0128. The molecule has 10 heteroatoms. The zero-order valence-electron chi connectivity index (χ0n) is 15.5. The molecule has 1 aliphatic heterocycles. The van der Waals surface area contributed by atoms with Gasteiger partial charge in [-0.15, -0.1) is 0 Å². The molecule has 2 aromatic rings. The van der Waals surface area contributed by atoms with Gasteiger partial charge in [0.25, 0.3) is 0 Å². The van der Waals surface area contributed by atoms with E-state index in [4.69, 9.17) is 16.3 Å². The third-order valence-corrected chi connectivity index (χ3v) is 4.96. The topological polar surface area (TPSA) is 106 Å². The van der Waals surface area contributed by atoms with Crippen LogP contribution in [-0.4, -0.2) is 63.6 Å². The Kier molecular flexibility index (Phi) is 6.73. The molecule has 1 atom stereocenters. The quantitative estimate of drug-likeness (QED) is 0.650. The van der Waals surface area contributed by atoms with Gasteiger partial charge in [0.05, 0.1) is 19.3 Å². The molecule has 1 saturated heterocycles. The van der Waals surface area contributed by atoms with Crippen LogP contribution in [0.5, 0.6) is 5.88 Å². The number of rotatable bonds is 6. The fourth-order valence-electron chi connectivity index (χ4n) is 3.17. The second-order valence-electron chi connectivity index (χ2n) is 6.57. The van der Waals surface area contributed by atoms with Crippen molar-refractivity contribution < 1.29 is 29.2 Å². The van der Waals surface area contributed by atoms with Crippen LogP contribution >= 0.6 is 11.6 Å². The van der Waals surface area contributed by atoms with Crippen LogP contribution in [0.15, 0.2) is 30.3 Å². The number of amides is 1. The number of ether oxygens (including phenoxy) is 1. The van der Waals surface area contributed by atoms with E-state index in [1.165, 1.54) is 17.0 Å². The predicted molar refractivity (Wildman–Crippen MR) is 104 cm³/mol. The highest BCUT2D eigenvalue weighted by molar-refractivity contribution is 6.30. The van der Waals surface area contributed by atoms with E-state index in [-0.39, 0.29) is 43.8 Å². The van der Waals surface area contributed by atoms with Crippen LogP contribution in [0.4, 0.5) is 15.0 Å². The highest BCUT2D eigenvalue weighted by Crippen LogP contribution is 2.27. The van der Waals surface area contributed by atoms with Gasteiger partial charge in [-0.05, 0) is 18.2 Å². The van der Waals surface area contributed by atoms with Crippen LogP contribution in [0, 0.1) is 5.82 Å². The van der Waals surface area contributed by atoms with Crippen molar-refractivity contribution in [3.63, 3.8) is 0 Å². The molecule has 1 fully saturated rings. The van der Waals surface area contributed by atoms with Gasteiger partial charge in [0.15, 0.2) is 0 Å². The van der Waals surface area contributed by atoms with E-state index in [1.807, 2.05) is 0 Å². The fraction of sp³-hybridized carbons (Fsp3) is 0.368. The van der Waals surface area contributed by atoms with Crippen molar-refractivity contribution in [2.45, 2.75) is 19.3 Å². The van der Waals surface area contributed by atoms with Gasteiger partial charge in [-0.2, -0.15) is 4.98 Å². The fourth-order valence-corrected chi connectivity index (χ4v) is 3.33. The Morgan fingerprint density at radius 3 is 2.66 bits per heavy atom. The lowest BCUT2D eigenvalue weighted by atomic mass is 10.1. The number of hydrogen-bond donors (Lipinski definition) is 3. The second-order valence-corrected chi connectivity index (χ2v) is 7.01. The molecule has 0 radical (unpaired) electrons. The summed E-state index contributed by atoms with van der Waals surface area (Å²) < 4.78 is 19.5. The molecule has 8 nitrogen and oxygen atoms in total. The number of aliphatic hydroxyl groups is 2. The van der Waals surface area contributed by atoms with Crippen molar-refractivity contribution in [1.29, 1.82) is 0 Å². The molecular formula is C19H21ClFN3O5. The summed E-state index contributed by atoms with van der Waals surface area (Å²) in [7, 11) is 0. The van der Waals surface area contributed by atoms with Gasteiger partial charge in [0.2, 0.25) is 5.88 Å². The zero-order valence-corrected chi connectivity index (χ0v) is 16.2. The molecule has 0 bridgehead atoms. The van der Waals surface area contributed by atoms with E-state index >= 15 is 0 Å². The maximum atomic E-state index is 13.9. The van der Waals surface area contributed by atoms with Crippen molar-refractivity contribution in [2.24, 2.45) is 0 Å². The van der Waals surface area contributed by atoms with Crippen LogP contribution in [0.3, 0.4) is 0 Å². The maximum Gasteiger partial charge on any atom is 0.407 e. The molecule has 1 aliphatic rings. The number of aromatic nitrogens is 1. The van der Waals surface area contributed by atoms with Crippen molar-refractivity contribution in [2.75, 3.05) is 31.1 Å². The van der Waals surface area contributed by atoms with E-state index in [1.54, 1.807) is 23.1 Å². The average molecular weight is 426 g/mol. The van der Waals surface area contributed by atoms with Crippen LogP contribution < -0.4 is 9.64 Å². The monoisotopic (exact) mass is 425 g/mol. The minimum absolute atomic E-state index is 0.0653. The number of hydrogen-bond acceptors (Lipinski definition) is 6. The van der Waals surface area contributed by atoms with Crippen molar-refractivity contribution in [1.82, 2.24) is 9.88 Å². The van der Waals surface area contributed by atoms with Gasteiger partial charge < -0.3 is 29.9 Å². The van der Waals surface area contributed by atoms with Crippen LogP contribution in [0.1, 0.15) is 11.1 Å². The first-order chi connectivity index (χ1) is 13.9. The number of carbonyl (C=O) groups is 1. The molecule has 156 valence electrons. The first-order valence-electron chi connectivity index (χ1n) is 8.95. The minimum Gasteiger partial charge on any atom is -0.473 e. The highest BCUT2D eigenvalue weighted by Gasteiger charge is 2.31. The Morgan fingerprint density at radius 1 is 1.24 bits per heavy atom. The second kappa shape index (κ2) is 9.25. The third kappa shape index (κ3) is 4.87. The van der Waals surface area contributed by atoms with Crippen LogP contribution in [-0.2, 0) is 13.2 Å². The summed E-state index contributed by atoms with van der Waals surface area (Å²) in [5.74, 6) is 0.115. The Hall–Kier alpha value is -2.62. The van der Waals surface area contributed by atoms with E-state index in [0.29, 0.717) is 23.5 Å². The Morgan fingerprint density at radius 2 is 2.00 bits per heavy atom. The Labute approximate surface area is 171 Å². The number of aliphatic hydroxyl groups excluding tert-OH is 2. The van der Waals surface area contributed by atoms with Gasteiger partial charge in [-0.3, -0.25) is 0 Å². The molecule has 0 spiro atoms. The molecular weight excluding hydrogens is 405 g/mol. The van der Waals surface area contributed by atoms with Crippen molar-refractivity contribution in [3.05, 3.63) is 52.3 Å². The molecule has 1 amide bonds. The van der Waals surface area contributed by atoms with Gasteiger partial charge in [0, 0.05) is 41.9 Å². The zero-order chi connectivity index (χ0) is 21.0. The number of piperazine rings is 1. The number of pyridine rings is 1. The smallest absolute Gasteiger partial charge is 0.407 e. The van der Waals surface area contributed by atoms with E-state index in [0.717, 1.165) is 0 Å². The standard InChI is InChI=1S/C19H21ClFN3O5/c20-14-3-1-13(16(21)7-14)11-29-17-4-2-12(9-25)18(22-17)24-6-5-23(19(27)28)8-15(24)10-26/h1-4,7,15,25-26H,5-6,8-11H2,(H,27,28)/t15-/m0/s1. The average Bonchev–Trinajstić information content (AvgIpc) is 2.72. The summed E-state index contributed by atoms with van der Waals surface area (Å²) in [5.41, 5.74) is 0.824. The number of carboxylic acid groups (broad SMARTS) is 1. The van der Waals surface area contributed by atoms with Gasteiger partial charge in [0.1, 0.15) is 18.2 Å². The normalized spacial score (nSPS) is 16.8. The first-order valence-corrected chi connectivity index (χ1v) is 9.33. The molecule has 0 aliphatic carbocycles. The number of benzene rings is 1. The lowest BCUT2D eigenvalue weighted by Gasteiger charge is -2.40.